The largest absolute Gasteiger partial charge is 0.380 e. The van der Waals surface area contributed by atoms with Crippen molar-refractivity contribution in [1.82, 2.24) is 20.2 Å². The van der Waals surface area contributed by atoms with Crippen molar-refractivity contribution < 1.29 is 9.50 Å². The maximum absolute atomic E-state index is 13.1. The van der Waals surface area contributed by atoms with Crippen LogP contribution in [0.2, 0.25) is 0 Å². The van der Waals surface area contributed by atoms with E-state index in [2.05, 4.69) is 25.5 Å². The van der Waals surface area contributed by atoms with Gasteiger partial charge in [-0.1, -0.05) is 12.1 Å². The van der Waals surface area contributed by atoms with E-state index in [1.165, 1.54) is 35.6 Å². The first-order valence-electron chi connectivity index (χ1n) is 7.99. The minimum atomic E-state index is -1.05. The van der Waals surface area contributed by atoms with Gasteiger partial charge in [0, 0.05) is 11.8 Å². The highest BCUT2D eigenvalue weighted by molar-refractivity contribution is 7.17. The van der Waals surface area contributed by atoms with E-state index in [9.17, 15) is 9.50 Å². The van der Waals surface area contributed by atoms with Crippen molar-refractivity contribution in [1.29, 1.82) is 0 Å². The number of aliphatic hydroxyl groups is 1. The number of rotatable bonds is 4. The van der Waals surface area contributed by atoms with Crippen LogP contribution >= 0.6 is 11.3 Å². The van der Waals surface area contributed by atoms with Gasteiger partial charge in [0.15, 0.2) is 11.6 Å². The number of nitrogens with one attached hydrogen (secondary N) is 2. The molecule has 1 unspecified atom stereocenters. The number of hydrogen-bond donors (Lipinski definition) is 3. The lowest BCUT2D eigenvalue weighted by molar-refractivity contribution is 0.210. The van der Waals surface area contributed by atoms with Crippen molar-refractivity contribution in [2.45, 2.75) is 20.0 Å². The number of aromatic nitrogens is 4. The summed E-state index contributed by atoms with van der Waals surface area (Å²) in [5.41, 5.74) is 2.49. The summed E-state index contributed by atoms with van der Waals surface area (Å²) in [5, 5.41) is 23.8. The molecule has 0 aliphatic heterocycles. The van der Waals surface area contributed by atoms with Gasteiger partial charge in [0.25, 0.3) is 0 Å². The van der Waals surface area contributed by atoms with Gasteiger partial charge in [-0.25, -0.2) is 14.4 Å². The summed E-state index contributed by atoms with van der Waals surface area (Å²) in [6.07, 6.45) is -1.05. The molecule has 132 valence electrons. The first kappa shape index (κ1) is 16.6. The summed E-state index contributed by atoms with van der Waals surface area (Å²) in [7, 11) is 0. The van der Waals surface area contributed by atoms with Crippen LogP contribution in [0.1, 0.15) is 28.7 Å². The second-order valence-corrected chi connectivity index (χ2v) is 6.90. The van der Waals surface area contributed by atoms with E-state index in [-0.39, 0.29) is 11.6 Å². The standard InChI is InChI=1S/C18H16FN5OS/c1-9-8-26-18-14(9)16(20-13-7-10(2)23-24-13)21-17(22-18)15(25)11-3-5-12(19)6-4-11/h3-8,15,25H,1-2H3,(H2,20,21,22,23,24). The number of nitrogens with zero attached hydrogens (tertiary/aromatic N) is 3. The minimum Gasteiger partial charge on any atom is -0.380 e. The van der Waals surface area contributed by atoms with Crippen LogP contribution in [-0.4, -0.2) is 25.3 Å². The summed E-state index contributed by atoms with van der Waals surface area (Å²) in [5.74, 6) is 1.11. The molecule has 1 aromatic carbocycles. The molecule has 3 N–H and O–H groups in total. The van der Waals surface area contributed by atoms with Gasteiger partial charge in [-0.05, 0) is 42.5 Å². The summed E-state index contributed by atoms with van der Waals surface area (Å²) < 4.78 is 13.1. The van der Waals surface area contributed by atoms with Gasteiger partial charge >= 0.3 is 0 Å². The molecule has 0 spiro atoms. The van der Waals surface area contributed by atoms with Crippen molar-refractivity contribution >= 4 is 33.2 Å². The highest BCUT2D eigenvalue weighted by atomic mass is 32.1. The topological polar surface area (TPSA) is 86.7 Å². The van der Waals surface area contributed by atoms with Crippen LogP contribution in [0.3, 0.4) is 0 Å². The van der Waals surface area contributed by atoms with Crippen molar-refractivity contribution in [3.63, 3.8) is 0 Å². The van der Waals surface area contributed by atoms with E-state index < -0.39 is 6.10 Å². The lowest BCUT2D eigenvalue weighted by Gasteiger charge is -2.12. The number of hydrogen-bond acceptors (Lipinski definition) is 6. The van der Waals surface area contributed by atoms with Crippen LogP contribution in [-0.2, 0) is 0 Å². The van der Waals surface area contributed by atoms with E-state index in [1.54, 1.807) is 0 Å². The Labute approximate surface area is 152 Å². The highest BCUT2D eigenvalue weighted by Crippen LogP contribution is 2.33. The Morgan fingerprint density at radius 2 is 1.96 bits per heavy atom. The number of benzene rings is 1. The molecule has 0 aliphatic carbocycles. The molecule has 0 amide bonds. The summed E-state index contributed by atoms with van der Waals surface area (Å²) in [4.78, 5) is 9.79. The number of aromatic amines is 1. The summed E-state index contributed by atoms with van der Waals surface area (Å²) in [6, 6.07) is 7.52. The smallest absolute Gasteiger partial charge is 0.165 e. The second kappa shape index (κ2) is 6.47. The third-order valence-electron chi connectivity index (χ3n) is 4.02. The van der Waals surface area contributed by atoms with Crippen LogP contribution in [0.4, 0.5) is 16.0 Å². The molecule has 3 heterocycles. The second-order valence-electron chi connectivity index (χ2n) is 6.04. The number of aliphatic hydroxyl groups excluding tert-OH is 1. The number of H-pyrrole nitrogens is 1. The molecule has 0 saturated heterocycles. The maximum Gasteiger partial charge on any atom is 0.165 e. The Kier molecular flexibility index (Phi) is 4.14. The predicted octanol–water partition coefficient (Wildman–Crippen LogP) is 4.00. The Bertz CT molecular complexity index is 1070. The van der Waals surface area contributed by atoms with Crippen LogP contribution < -0.4 is 5.32 Å². The zero-order valence-corrected chi connectivity index (χ0v) is 14.9. The Hall–Kier alpha value is -2.84. The first-order chi connectivity index (χ1) is 12.5. The number of fused-ring (bicyclic) bond motifs is 1. The van der Waals surface area contributed by atoms with E-state index in [1.807, 2.05) is 25.3 Å². The molecule has 3 aromatic heterocycles. The molecule has 26 heavy (non-hydrogen) atoms. The molecular weight excluding hydrogens is 353 g/mol. The molecule has 8 heteroatoms. The van der Waals surface area contributed by atoms with Crippen molar-refractivity contribution in [2.75, 3.05) is 5.32 Å². The van der Waals surface area contributed by atoms with Crippen LogP contribution in [0.5, 0.6) is 0 Å². The molecule has 4 aromatic rings. The molecule has 1 atom stereocenters. The van der Waals surface area contributed by atoms with Gasteiger partial charge in [0.2, 0.25) is 0 Å². The van der Waals surface area contributed by atoms with Crippen molar-refractivity contribution in [3.8, 4) is 0 Å². The fraction of sp³-hybridized carbons (Fsp3) is 0.167. The Morgan fingerprint density at radius 1 is 1.19 bits per heavy atom. The minimum absolute atomic E-state index is 0.251. The van der Waals surface area contributed by atoms with Crippen molar-refractivity contribution in [2.24, 2.45) is 0 Å². The highest BCUT2D eigenvalue weighted by Gasteiger charge is 2.19. The molecular formula is C18H16FN5OS. The molecule has 0 fully saturated rings. The Morgan fingerprint density at radius 3 is 2.65 bits per heavy atom. The maximum atomic E-state index is 13.1. The normalized spacial score (nSPS) is 12.5. The SMILES string of the molecule is Cc1cc(Nc2nc(C(O)c3ccc(F)cc3)nc3scc(C)c23)n[nH]1. The average Bonchev–Trinajstić information content (AvgIpc) is 3.21. The number of thiophene rings is 1. The fourth-order valence-electron chi connectivity index (χ4n) is 2.71. The quantitative estimate of drug-likeness (QED) is 0.506. The molecule has 0 saturated carbocycles. The fourth-order valence-corrected chi connectivity index (χ4v) is 3.64. The number of anilines is 2. The number of halogens is 1. The van der Waals surface area contributed by atoms with Gasteiger partial charge in [-0.2, -0.15) is 5.10 Å². The van der Waals surface area contributed by atoms with E-state index in [0.29, 0.717) is 17.2 Å². The molecule has 6 nitrogen and oxygen atoms in total. The van der Waals surface area contributed by atoms with Crippen LogP contribution in [0.15, 0.2) is 35.7 Å². The lowest BCUT2D eigenvalue weighted by Crippen LogP contribution is -2.08. The van der Waals surface area contributed by atoms with Gasteiger partial charge in [0.05, 0.1) is 5.39 Å². The monoisotopic (exact) mass is 369 g/mol. The number of aryl methyl sites for hydroxylation is 2. The molecule has 0 aliphatic rings. The average molecular weight is 369 g/mol. The van der Waals surface area contributed by atoms with Crippen LogP contribution in [0, 0.1) is 19.7 Å². The zero-order valence-electron chi connectivity index (χ0n) is 14.1. The zero-order chi connectivity index (χ0) is 18.3. The first-order valence-corrected chi connectivity index (χ1v) is 8.87. The molecule has 4 rings (SSSR count). The Balaban J connectivity index is 1.79. The molecule has 0 radical (unpaired) electrons. The van der Waals surface area contributed by atoms with Crippen LogP contribution in [0.25, 0.3) is 10.2 Å². The third-order valence-corrected chi connectivity index (χ3v) is 5.01. The van der Waals surface area contributed by atoms with Gasteiger partial charge in [0.1, 0.15) is 22.6 Å². The van der Waals surface area contributed by atoms with E-state index in [0.717, 1.165) is 21.5 Å². The van der Waals surface area contributed by atoms with Gasteiger partial charge in [-0.15, -0.1) is 11.3 Å². The summed E-state index contributed by atoms with van der Waals surface area (Å²) >= 11 is 1.48. The van der Waals surface area contributed by atoms with Crippen molar-refractivity contribution in [3.05, 3.63) is 64.2 Å². The predicted molar refractivity (Wildman–Crippen MR) is 99.2 cm³/mol. The third kappa shape index (κ3) is 3.04. The van der Waals surface area contributed by atoms with E-state index in [4.69, 9.17) is 0 Å². The summed E-state index contributed by atoms with van der Waals surface area (Å²) in [6.45, 7) is 3.90. The van der Waals surface area contributed by atoms with E-state index >= 15 is 0 Å². The van der Waals surface area contributed by atoms with Gasteiger partial charge < -0.3 is 10.4 Å². The molecule has 0 bridgehead atoms. The lowest BCUT2D eigenvalue weighted by atomic mass is 10.1. The van der Waals surface area contributed by atoms with Gasteiger partial charge in [-0.3, -0.25) is 5.10 Å².